The summed E-state index contributed by atoms with van der Waals surface area (Å²) in [5.41, 5.74) is 5.03. The third-order valence-electron chi connectivity index (χ3n) is 5.16. The van der Waals surface area contributed by atoms with Crippen molar-refractivity contribution >= 4 is 22.8 Å². The van der Waals surface area contributed by atoms with Crippen LogP contribution in [0.1, 0.15) is 36.0 Å². The predicted octanol–water partition coefficient (Wildman–Crippen LogP) is 4.46. The number of aromatic nitrogens is 3. The molecule has 0 spiro atoms. The summed E-state index contributed by atoms with van der Waals surface area (Å²) in [6.07, 6.45) is 0.834. The van der Waals surface area contributed by atoms with Crippen LogP contribution in [0.5, 0.6) is 0 Å². The zero-order valence-electron chi connectivity index (χ0n) is 16.7. The number of aryl methyl sites for hydroxylation is 2. The van der Waals surface area contributed by atoms with Gasteiger partial charge in [0.25, 0.3) is 0 Å². The summed E-state index contributed by atoms with van der Waals surface area (Å²) in [5.74, 6) is -1.08. The lowest BCUT2D eigenvalue weighted by Crippen LogP contribution is -2.21. The number of aliphatic carboxylic acids is 1. The first-order chi connectivity index (χ1) is 14.2. The number of hydrogen-bond donors (Lipinski definition) is 2. The molecular formula is C21H23F3N4O2. The molecule has 4 rings (SSSR count). The Hall–Kier alpha value is -3.10. The molecular weight excluding hydrogens is 397 g/mol. The van der Waals surface area contributed by atoms with Gasteiger partial charge in [-0.15, -0.1) is 0 Å². The Morgan fingerprint density at radius 2 is 2.07 bits per heavy atom. The molecule has 1 aromatic carbocycles. The Kier molecular flexibility index (Phi) is 6.28. The quantitative estimate of drug-likeness (QED) is 0.654. The van der Waals surface area contributed by atoms with Gasteiger partial charge in [-0.2, -0.15) is 13.2 Å². The number of H-pyrrole nitrogens is 1. The lowest BCUT2D eigenvalue weighted by molar-refractivity contribution is -0.192. The summed E-state index contributed by atoms with van der Waals surface area (Å²) in [6.45, 7) is 6.43. The van der Waals surface area contributed by atoms with E-state index >= 15 is 0 Å². The Balaban J connectivity index is 0.000000318. The highest BCUT2D eigenvalue weighted by atomic mass is 19.4. The molecule has 3 heterocycles. The van der Waals surface area contributed by atoms with Crippen LogP contribution in [0.4, 0.5) is 19.0 Å². The number of carboxylic acid groups (broad SMARTS) is 1. The van der Waals surface area contributed by atoms with Crippen molar-refractivity contribution in [1.82, 2.24) is 15.0 Å². The Morgan fingerprint density at radius 3 is 2.70 bits per heavy atom. The van der Waals surface area contributed by atoms with Crippen LogP contribution in [0, 0.1) is 6.92 Å². The van der Waals surface area contributed by atoms with Crippen LogP contribution in [0.2, 0.25) is 0 Å². The molecule has 160 valence electrons. The van der Waals surface area contributed by atoms with Crippen LogP contribution >= 0.6 is 0 Å². The highest BCUT2D eigenvalue weighted by Crippen LogP contribution is 2.34. The molecule has 9 heteroatoms. The lowest BCUT2D eigenvalue weighted by atomic mass is 9.97. The molecule has 1 aliphatic heterocycles. The molecule has 2 aromatic heterocycles. The zero-order chi connectivity index (χ0) is 21.9. The Bertz CT molecular complexity index is 1030. The van der Waals surface area contributed by atoms with E-state index in [0.29, 0.717) is 5.92 Å². The summed E-state index contributed by atoms with van der Waals surface area (Å²) in [4.78, 5) is 23.6. The smallest absolute Gasteiger partial charge is 0.475 e. The number of nitrogens with zero attached hydrogens (tertiary/aromatic N) is 3. The molecule has 1 aliphatic rings. The first-order valence-electron chi connectivity index (χ1n) is 9.63. The number of nitrogens with one attached hydrogen (secondary N) is 1. The van der Waals surface area contributed by atoms with Crippen LogP contribution in [0.3, 0.4) is 0 Å². The number of rotatable bonds is 3. The van der Waals surface area contributed by atoms with E-state index in [-0.39, 0.29) is 0 Å². The van der Waals surface area contributed by atoms with E-state index in [1.807, 2.05) is 0 Å². The second kappa shape index (κ2) is 8.73. The minimum absolute atomic E-state index is 0.587. The van der Waals surface area contributed by atoms with E-state index in [1.165, 1.54) is 28.5 Å². The molecule has 0 radical (unpaired) electrons. The number of fused-ring (bicyclic) bond motifs is 1. The van der Waals surface area contributed by atoms with E-state index in [1.54, 1.807) is 6.33 Å². The van der Waals surface area contributed by atoms with Gasteiger partial charge in [0, 0.05) is 25.2 Å². The molecule has 6 nitrogen and oxygen atoms in total. The van der Waals surface area contributed by atoms with Gasteiger partial charge in [0.1, 0.15) is 17.8 Å². The second-order valence-electron chi connectivity index (χ2n) is 7.24. The Labute approximate surface area is 171 Å². The maximum atomic E-state index is 10.6. The third kappa shape index (κ3) is 4.72. The highest BCUT2D eigenvalue weighted by Gasteiger charge is 2.38. The van der Waals surface area contributed by atoms with Gasteiger partial charge in [-0.1, -0.05) is 36.8 Å². The monoisotopic (exact) mass is 420 g/mol. The number of aromatic amines is 1. The number of anilines is 1. The maximum absolute atomic E-state index is 10.6. The van der Waals surface area contributed by atoms with Gasteiger partial charge in [-0.3, -0.25) is 0 Å². The topological polar surface area (TPSA) is 82.1 Å². The van der Waals surface area contributed by atoms with Crippen LogP contribution < -0.4 is 4.90 Å². The molecule has 1 unspecified atom stereocenters. The molecule has 1 saturated heterocycles. The summed E-state index contributed by atoms with van der Waals surface area (Å²) >= 11 is 0. The summed E-state index contributed by atoms with van der Waals surface area (Å²) in [7, 11) is 0. The number of carbonyl (C=O) groups is 1. The van der Waals surface area contributed by atoms with Crippen LogP contribution in [0.15, 0.2) is 36.8 Å². The fraction of sp³-hybridized carbons (Fsp3) is 0.381. The van der Waals surface area contributed by atoms with Crippen molar-refractivity contribution in [2.24, 2.45) is 0 Å². The van der Waals surface area contributed by atoms with E-state index in [4.69, 9.17) is 9.90 Å². The van der Waals surface area contributed by atoms with Gasteiger partial charge in [0.05, 0.1) is 5.39 Å². The summed E-state index contributed by atoms with van der Waals surface area (Å²) in [6, 6.07) is 8.90. The van der Waals surface area contributed by atoms with Gasteiger partial charge in [-0.05, 0) is 30.9 Å². The summed E-state index contributed by atoms with van der Waals surface area (Å²) < 4.78 is 31.7. The summed E-state index contributed by atoms with van der Waals surface area (Å²) in [5, 5.41) is 8.32. The van der Waals surface area contributed by atoms with Crippen molar-refractivity contribution in [2.45, 2.75) is 38.8 Å². The van der Waals surface area contributed by atoms with Gasteiger partial charge in [-0.25, -0.2) is 14.8 Å². The Morgan fingerprint density at radius 1 is 1.33 bits per heavy atom. The van der Waals surface area contributed by atoms with Crippen molar-refractivity contribution in [3.8, 4) is 0 Å². The fourth-order valence-corrected chi connectivity index (χ4v) is 3.68. The standard InChI is InChI=1S/C19H22N4.C2HF3O2/c1-3-14-10-20-18-17(14)19(22-12-21-18)23-8-7-16(11-23)15-6-4-5-13(2)9-15;3-2(4,5)1(6)7/h4-6,9-10,12,16H,3,7-8,11H2,1-2H3,(H,20,21,22);(H,6,7). The molecule has 0 saturated carbocycles. The second-order valence-corrected chi connectivity index (χ2v) is 7.24. The molecule has 0 amide bonds. The average Bonchev–Trinajstić information content (AvgIpc) is 3.35. The van der Waals surface area contributed by atoms with Crippen molar-refractivity contribution in [2.75, 3.05) is 18.0 Å². The molecule has 1 atom stereocenters. The van der Waals surface area contributed by atoms with Crippen LogP contribution in [-0.2, 0) is 11.2 Å². The maximum Gasteiger partial charge on any atom is 0.490 e. The normalized spacial score (nSPS) is 16.4. The minimum atomic E-state index is -5.08. The van der Waals surface area contributed by atoms with Crippen molar-refractivity contribution < 1.29 is 23.1 Å². The number of hydrogen-bond acceptors (Lipinski definition) is 4. The molecule has 1 fully saturated rings. The first kappa shape index (κ1) is 21.6. The largest absolute Gasteiger partial charge is 0.490 e. The molecule has 30 heavy (non-hydrogen) atoms. The van der Waals surface area contributed by atoms with E-state index in [2.05, 4.69) is 64.2 Å². The zero-order valence-corrected chi connectivity index (χ0v) is 16.7. The average molecular weight is 420 g/mol. The number of benzene rings is 1. The van der Waals surface area contributed by atoms with Gasteiger partial charge in [0.15, 0.2) is 0 Å². The fourth-order valence-electron chi connectivity index (χ4n) is 3.68. The molecule has 0 bridgehead atoms. The predicted molar refractivity (Wildman–Crippen MR) is 108 cm³/mol. The number of halogens is 3. The lowest BCUT2D eigenvalue weighted by Gasteiger charge is -2.19. The molecule has 2 N–H and O–H groups in total. The van der Waals surface area contributed by atoms with Crippen molar-refractivity contribution in [1.29, 1.82) is 0 Å². The third-order valence-corrected chi connectivity index (χ3v) is 5.16. The van der Waals surface area contributed by atoms with Crippen molar-refractivity contribution in [3.63, 3.8) is 0 Å². The SMILES string of the molecule is CCc1c[nH]c2ncnc(N3CCC(c4cccc(C)c4)C3)c12.O=C(O)C(F)(F)F. The minimum Gasteiger partial charge on any atom is -0.475 e. The first-order valence-corrected chi connectivity index (χ1v) is 9.63. The van der Waals surface area contributed by atoms with Gasteiger partial charge in [0.2, 0.25) is 0 Å². The highest BCUT2D eigenvalue weighted by molar-refractivity contribution is 5.91. The van der Waals surface area contributed by atoms with Crippen LogP contribution in [0.25, 0.3) is 11.0 Å². The van der Waals surface area contributed by atoms with Crippen LogP contribution in [-0.4, -0.2) is 45.3 Å². The van der Waals surface area contributed by atoms with Gasteiger partial charge >= 0.3 is 12.1 Å². The van der Waals surface area contributed by atoms with Crippen molar-refractivity contribution in [3.05, 3.63) is 53.5 Å². The molecule has 3 aromatic rings. The van der Waals surface area contributed by atoms with E-state index in [9.17, 15) is 13.2 Å². The molecule has 0 aliphatic carbocycles. The van der Waals surface area contributed by atoms with E-state index < -0.39 is 12.1 Å². The number of alkyl halides is 3. The van der Waals surface area contributed by atoms with Gasteiger partial charge < -0.3 is 15.0 Å². The van der Waals surface area contributed by atoms with E-state index in [0.717, 1.165) is 31.0 Å². The number of carboxylic acids is 1.